The third-order valence-corrected chi connectivity index (χ3v) is 7.44. The zero-order valence-electron chi connectivity index (χ0n) is 19.2. The number of benzene rings is 4. The minimum atomic E-state index is -4.08. The Morgan fingerprint density at radius 2 is 1.50 bits per heavy atom. The van der Waals surface area contributed by atoms with Gasteiger partial charge in [0.25, 0.3) is 15.9 Å². The normalized spacial score (nSPS) is 11.3. The molecule has 1 aromatic heterocycles. The number of aromatic nitrogens is 1. The van der Waals surface area contributed by atoms with Crippen molar-refractivity contribution in [1.29, 1.82) is 0 Å². The Morgan fingerprint density at radius 1 is 0.833 bits per heavy atom. The Kier molecular flexibility index (Phi) is 6.18. The van der Waals surface area contributed by atoms with Gasteiger partial charge in [0.05, 0.1) is 21.8 Å². The molecule has 3 N–H and O–H groups in total. The van der Waals surface area contributed by atoms with E-state index >= 15 is 0 Å². The molecule has 0 bridgehead atoms. The van der Waals surface area contributed by atoms with Crippen LogP contribution in [0.25, 0.3) is 10.9 Å². The highest BCUT2D eigenvalue weighted by Crippen LogP contribution is 2.30. The van der Waals surface area contributed by atoms with E-state index in [-0.39, 0.29) is 10.6 Å². The average molecular weight is 498 g/mol. The smallest absolute Gasteiger partial charge is 0.273 e. The van der Waals surface area contributed by atoms with E-state index in [2.05, 4.69) is 5.32 Å². The summed E-state index contributed by atoms with van der Waals surface area (Å²) in [6, 6.07) is 31.1. The first-order valence-corrected chi connectivity index (χ1v) is 12.7. The van der Waals surface area contributed by atoms with Crippen LogP contribution in [0.15, 0.2) is 114 Å². The predicted molar refractivity (Wildman–Crippen MR) is 141 cm³/mol. The summed E-state index contributed by atoms with van der Waals surface area (Å²) in [7, 11) is -4.08. The second-order valence-corrected chi connectivity index (χ2v) is 9.94. The number of hydrogen-bond donors (Lipinski definition) is 2. The van der Waals surface area contributed by atoms with E-state index in [1.165, 1.54) is 12.1 Å². The molecule has 8 heteroatoms. The van der Waals surface area contributed by atoms with Crippen molar-refractivity contribution in [2.45, 2.75) is 11.5 Å². The number of rotatable bonds is 7. The Balaban J connectivity index is 1.58. The van der Waals surface area contributed by atoms with Crippen LogP contribution in [-0.2, 0) is 16.6 Å². The van der Waals surface area contributed by atoms with Gasteiger partial charge in [0, 0.05) is 5.39 Å². The molecule has 5 aromatic rings. The van der Waals surface area contributed by atoms with Gasteiger partial charge in [-0.05, 0) is 54.1 Å². The first kappa shape index (κ1) is 23.2. The molecule has 1 amide bonds. The van der Waals surface area contributed by atoms with E-state index in [1.807, 2.05) is 30.3 Å². The number of nitrogens with one attached hydrogen (secondary N) is 1. The van der Waals surface area contributed by atoms with Crippen molar-refractivity contribution in [3.8, 4) is 5.75 Å². The topological polar surface area (TPSA) is 103 Å². The van der Waals surface area contributed by atoms with Crippen LogP contribution < -0.4 is 15.8 Å². The highest BCUT2D eigenvalue weighted by atomic mass is 32.2. The summed E-state index contributed by atoms with van der Waals surface area (Å²) >= 11 is 0. The molecular formula is C28H23N3O4S. The van der Waals surface area contributed by atoms with Gasteiger partial charge in [-0.3, -0.25) is 4.79 Å². The maximum atomic E-state index is 13.7. The second kappa shape index (κ2) is 9.59. The number of nitrogen functional groups attached to an aromatic ring is 1. The van der Waals surface area contributed by atoms with Crippen LogP contribution in [0.5, 0.6) is 5.75 Å². The van der Waals surface area contributed by atoms with Gasteiger partial charge < -0.3 is 15.8 Å². The maximum Gasteiger partial charge on any atom is 0.273 e. The Morgan fingerprint density at radius 3 is 2.22 bits per heavy atom. The molecule has 0 unspecified atom stereocenters. The van der Waals surface area contributed by atoms with E-state index in [0.29, 0.717) is 34.6 Å². The van der Waals surface area contributed by atoms with E-state index in [4.69, 9.17) is 10.5 Å². The molecule has 0 saturated carbocycles. The van der Waals surface area contributed by atoms with Crippen molar-refractivity contribution in [2.75, 3.05) is 11.1 Å². The fraction of sp³-hybridized carbons (Fsp3) is 0.0357. The van der Waals surface area contributed by atoms with Gasteiger partial charge in [0.15, 0.2) is 0 Å². The molecule has 0 radical (unpaired) electrons. The Labute approximate surface area is 208 Å². The SMILES string of the molecule is Nc1ccccc1NC(=O)c1cc2cc(OCc3ccccc3)ccc2n1S(=O)(=O)c1ccccc1. The Bertz CT molecular complexity index is 1650. The summed E-state index contributed by atoms with van der Waals surface area (Å²) in [4.78, 5) is 13.4. The van der Waals surface area contributed by atoms with Crippen LogP contribution in [0.1, 0.15) is 16.1 Å². The number of anilines is 2. The minimum Gasteiger partial charge on any atom is -0.489 e. The summed E-state index contributed by atoms with van der Waals surface area (Å²) < 4.78 is 34.3. The van der Waals surface area contributed by atoms with E-state index in [9.17, 15) is 13.2 Å². The lowest BCUT2D eigenvalue weighted by Crippen LogP contribution is -2.22. The molecule has 0 aliphatic carbocycles. The molecule has 4 aromatic carbocycles. The molecule has 0 aliphatic rings. The number of fused-ring (bicyclic) bond motifs is 1. The standard InChI is InChI=1S/C28H23N3O4S/c29-24-13-7-8-14-25(24)30-28(32)27-18-21-17-22(35-19-20-9-3-1-4-10-20)15-16-26(21)31(27)36(33,34)23-11-5-2-6-12-23/h1-18H,19,29H2,(H,30,32). The van der Waals surface area contributed by atoms with Crippen LogP contribution in [0.2, 0.25) is 0 Å². The summed E-state index contributed by atoms with van der Waals surface area (Å²) in [5, 5.41) is 3.28. The van der Waals surface area contributed by atoms with E-state index in [0.717, 1.165) is 9.54 Å². The number of nitrogens with two attached hydrogens (primary N) is 1. The molecule has 36 heavy (non-hydrogen) atoms. The summed E-state index contributed by atoms with van der Waals surface area (Å²) in [6.45, 7) is 0.357. The highest BCUT2D eigenvalue weighted by molar-refractivity contribution is 7.90. The van der Waals surface area contributed by atoms with Gasteiger partial charge >= 0.3 is 0 Å². The van der Waals surface area contributed by atoms with Crippen molar-refractivity contribution in [2.24, 2.45) is 0 Å². The lowest BCUT2D eigenvalue weighted by molar-refractivity contribution is 0.102. The molecule has 0 saturated heterocycles. The molecule has 5 rings (SSSR count). The zero-order chi connectivity index (χ0) is 25.1. The van der Waals surface area contributed by atoms with E-state index < -0.39 is 15.9 Å². The van der Waals surface area contributed by atoms with Gasteiger partial charge in [-0.15, -0.1) is 0 Å². The van der Waals surface area contributed by atoms with Gasteiger partial charge in [0.2, 0.25) is 0 Å². The first-order chi connectivity index (χ1) is 17.4. The molecule has 0 fully saturated rings. The molecule has 0 atom stereocenters. The molecule has 180 valence electrons. The van der Waals surface area contributed by atoms with Crippen molar-refractivity contribution in [3.63, 3.8) is 0 Å². The van der Waals surface area contributed by atoms with Crippen LogP contribution >= 0.6 is 0 Å². The van der Waals surface area contributed by atoms with Crippen LogP contribution in [0.3, 0.4) is 0 Å². The number of para-hydroxylation sites is 2. The highest BCUT2D eigenvalue weighted by Gasteiger charge is 2.27. The lowest BCUT2D eigenvalue weighted by atomic mass is 10.2. The molecule has 7 nitrogen and oxygen atoms in total. The minimum absolute atomic E-state index is 0.0442. The van der Waals surface area contributed by atoms with Crippen molar-refractivity contribution in [3.05, 3.63) is 120 Å². The molecule has 0 aliphatic heterocycles. The number of carbonyl (C=O) groups is 1. The lowest BCUT2D eigenvalue weighted by Gasteiger charge is -2.13. The van der Waals surface area contributed by atoms with Gasteiger partial charge in [-0.25, -0.2) is 12.4 Å². The molecular weight excluding hydrogens is 474 g/mol. The average Bonchev–Trinajstić information content (AvgIpc) is 3.30. The van der Waals surface area contributed by atoms with E-state index in [1.54, 1.807) is 66.7 Å². The third kappa shape index (κ3) is 4.54. The van der Waals surface area contributed by atoms with Gasteiger partial charge in [0.1, 0.15) is 18.1 Å². The van der Waals surface area contributed by atoms with Crippen LogP contribution in [0, 0.1) is 0 Å². The van der Waals surface area contributed by atoms with Crippen LogP contribution in [-0.4, -0.2) is 18.3 Å². The van der Waals surface area contributed by atoms with Crippen molar-refractivity contribution in [1.82, 2.24) is 3.97 Å². The van der Waals surface area contributed by atoms with Gasteiger partial charge in [-0.1, -0.05) is 60.7 Å². The van der Waals surface area contributed by atoms with Gasteiger partial charge in [-0.2, -0.15) is 0 Å². The number of carbonyl (C=O) groups excluding carboxylic acids is 1. The fourth-order valence-electron chi connectivity index (χ4n) is 3.91. The largest absolute Gasteiger partial charge is 0.489 e. The summed E-state index contributed by atoms with van der Waals surface area (Å²) in [5.74, 6) is -0.0461. The summed E-state index contributed by atoms with van der Waals surface area (Å²) in [5.41, 5.74) is 8.06. The number of nitrogens with zero attached hydrogens (tertiary/aromatic N) is 1. The van der Waals surface area contributed by atoms with Crippen molar-refractivity contribution >= 4 is 38.2 Å². The zero-order valence-corrected chi connectivity index (χ0v) is 20.0. The molecule has 1 heterocycles. The fourth-order valence-corrected chi connectivity index (χ4v) is 5.44. The Hall–Kier alpha value is -4.56. The summed E-state index contributed by atoms with van der Waals surface area (Å²) in [6.07, 6.45) is 0. The number of ether oxygens (including phenoxy) is 1. The second-order valence-electron chi connectivity index (χ2n) is 8.15. The van der Waals surface area contributed by atoms with Crippen molar-refractivity contribution < 1.29 is 17.9 Å². The molecule has 0 spiro atoms. The maximum absolute atomic E-state index is 13.7. The third-order valence-electron chi connectivity index (χ3n) is 5.70. The number of hydrogen-bond acceptors (Lipinski definition) is 5. The monoisotopic (exact) mass is 497 g/mol. The number of amides is 1. The first-order valence-electron chi connectivity index (χ1n) is 11.2. The predicted octanol–water partition coefficient (Wildman–Crippen LogP) is 5.29. The van der Waals surface area contributed by atoms with Crippen LogP contribution in [0.4, 0.5) is 11.4 Å². The quantitative estimate of drug-likeness (QED) is 0.297.